The molecule has 0 radical (unpaired) electrons. The van der Waals surface area contributed by atoms with E-state index < -0.39 is 11.6 Å². The zero-order valence-corrected chi connectivity index (χ0v) is 17.8. The SMILES string of the molecule is O=C(Nc1ccc(F)cc1F)C1CCN(Cc2nc(-c3ccc(Cl)cc3Cl)no2)CC1. The molecule has 0 saturated carbocycles. The van der Waals surface area contributed by atoms with Crippen molar-refractivity contribution in [1.82, 2.24) is 15.0 Å². The van der Waals surface area contributed by atoms with Crippen LogP contribution in [-0.2, 0) is 11.3 Å². The Bertz CT molecular complexity index is 1100. The molecule has 1 fully saturated rings. The molecular weight excluding hydrogens is 449 g/mol. The van der Waals surface area contributed by atoms with Crippen molar-refractivity contribution >= 4 is 34.8 Å². The van der Waals surface area contributed by atoms with Gasteiger partial charge in [-0.25, -0.2) is 8.78 Å². The molecule has 4 rings (SSSR count). The average Bonchev–Trinajstić information content (AvgIpc) is 3.18. The van der Waals surface area contributed by atoms with E-state index in [9.17, 15) is 13.6 Å². The van der Waals surface area contributed by atoms with Gasteiger partial charge in [-0.05, 0) is 56.3 Å². The van der Waals surface area contributed by atoms with Crippen molar-refractivity contribution in [3.05, 3.63) is 64.0 Å². The zero-order valence-electron chi connectivity index (χ0n) is 16.2. The minimum atomic E-state index is -0.793. The molecule has 0 aliphatic carbocycles. The van der Waals surface area contributed by atoms with Crippen molar-refractivity contribution in [1.29, 1.82) is 0 Å². The second kappa shape index (κ2) is 9.30. The number of carbonyl (C=O) groups is 1. The van der Waals surface area contributed by atoms with E-state index in [2.05, 4.69) is 20.4 Å². The summed E-state index contributed by atoms with van der Waals surface area (Å²) < 4.78 is 32.1. The van der Waals surface area contributed by atoms with E-state index in [1.807, 2.05) is 0 Å². The maximum atomic E-state index is 13.8. The van der Waals surface area contributed by atoms with Crippen LogP contribution < -0.4 is 5.32 Å². The van der Waals surface area contributed by atoms with E-state index in [1.165, 1.54) is 6.07 Å². The molecule has 0 unspecified atom stereocenters. The molecule has 0 bridgehead atoms. The van der Waals surface area contributed by atoms with Crippen molar-refractivity contribution in [2.24, 2.45) is 5.92 Å². The molecule has 6 nitrogen and oxygen atoms in total. The third kappa shape index (κ3) is 5.20. The number of halogens is 4. The highest BCUT2D eigenvalue weighted by atomic mass is 35.5. The topological polar surface area (TPSA) is 71.3 Å². The second-order valence-corrected chi connectivity index (χ2v) is 8.14. The monoisotopic (exact) mass is 466 g/mol. The molecule has 1 N–H and O–H groups in total. The van der Waals surface area contributed by atoms with E-state index >= 15 is 0 Å². The lowest BCUT2D eigenvalue weighted by Crippen LogP contribution is -2.37. The van der Waals surface area contributed by atoms with Crippen LogP contribution in [0, 0.1) is 17.6 Å². The maximum absolute atomic E-state index is 13.8. The maximum Gasteiger partial charge on any atom is 0.241 e. The number of aromatic nitrogens is 2. The fourth-order valence-corrected chi connectivity index (χ4v) is 3.96. The number of carbonyl (C=O) groups excluding carboxylic acids is 1. The largest absolute Gasteiger partial charge is 0.338 e. The Balaban J connectivity index is 1.31. The Morgan fingerprint density at radius 2 is 1.94 bits per heavy atom. The molecule has 162 valence electrons. The molecule has 10 heteroatoms. The Labute approximate surface area is 187 Å². The van der Waals surface area contributed by atoms with Crippen molar-refractivity contribution in [2.75, 3.05) is 18.4 Å². The van der Waals surface area contributed by atoms with Crippen LogP contribution in [0.15, 0.2) is 40.9 Å². The van der Waals surface area contributed by atoms with Crippen LogP contribution in [0.5, 0.6) is 0 Å². The summed E-state index contributed by atoms with van der Waals surface area (Å²) in [7, 11) is 0. The number of piperidine rings is 1. The Morgan fingerprint density at radius 3 is 2.65 bits per heavy atom. The lowest BCUT2D eigenvalue weighted by atomic mass is 9.96. The first-order valence-corrected chi connectivity index (χ1v) is 10.4. The summed E-state index contributed by atoms with van der Waals surface area (Å²) in [6.07, 6.45) is 1.19. The zero-order chi connectivity index (χ0) is 22.0. The van der Waals surface area contributed by atoms with Crippen LogP contribution in [0.2, 0.25) is 10.0 Å². The average molecular weight is 467 g/mol. The lowest BCUT2D eigenvalue weighted by molar-refractivity contribution is -0.121. The molecule has 1 aliphatic rings. The van der Waals surface area contributed by atoms with Crippen molar-refractivity contribution < 1.29 is 18.1 Å². The summed E-state index contributed by atoms with van der Waals surface area (Å²) in [6.45, 7) is 1.73. The number of amides is 1. The minimum absolute atomic E-state index is 0.0203. The number of rotatable bonds is 5. The molecule has 1 amide bonds. The minimum Gasteiger partial charge on any atom is -0.338 e. The third-order valence-corrected chi connectivity index (χ3v) is 5.69. The normalized spacial score (nSPS) is 15.2. The third-order valence-electron chi connectivity index (χ3n) is 5.15. The predicted octanol–water partition coefficient (Wildman–Crippen LogP) is 5.17. The predicted molar refractivity (Wildman–Crippen MR) is 113 cm³/mol. The number of likely N-dealkylation sites (tertiary alicyclic amines) is 1. The Morgan fingerprint density at radius 1 is 1.16 bits per heavy atom. The first kappa shape index (κ1) is 21.7. The summed E-state index contributed by atoms with van der Waals surface area (Å²) in [5.74, 6) is -1.19. The van der Waals surface area contributed by atoms with Gasteiger partial charge in [-0.1, -0.05) is 28.4 Å². The summed E-state index contributed by atoms with van der Waals surface area (Å²) in [4.78, 5) is 18.9. The molecule has 2 aromatic carbocycles. The molecule has 31 heavy (non-hydrogen) atoms. The summed E-state index contributed by atoms with van der Waals surface area (Å²) >= 11 is 12.1. The fraction of sp³-hybridized carbons (Fsp3) is 0.286. The van der Waals surface area contributed by atoms with Crippen molar-refractivity contribution in [3.63, 3.8) is 0 Å². The molecule has 2 heterocycles. The van der Waals surface area contributed by atoms with Gasteiger partial charge in [0.25, 0.3) is 0 Å². The summed E-state index contributed by atoms with van der Waals surface area (Å²) in [6, 6.07) is 8.12. The number of benzene rings is 2. The molecule has 0 atom stereocenters. The number of nitrogens with one attached hydrogen (secondary N) is 1. The molecule has 1 saturated heterocycles. The van der Waals surface area contributed by atoms with Gasteiger partial charge in [0.15, 0.2) is 0 Å². The Hall–Kier alpha value is -2.55. The first-order valence-electron chi connectivity index (χ1n) is 9.65. The quantitative estimate of drug-likeness (QED) is 0.561. The van der Waals surface area contributed by atoms with Gasteiger partial charge in [0, 0.05) is 22.6 Å². The van der Waals surface area contributed by atoms with Crippen LogP contribution in [0.4, 0.5) is 14.5 Å². The molecular formula is C21H18Cl2F2N4O2. The van der Waals surface area contributed by atoms with Crippen molar-refractivity contribution in [2.45, 2.75) is 19.4 Å². The highest BCUT2D eigenvalue weighted by Crippen LogP contribution is 2.29. The number of anilines is 1. The van der Waals surface area contributed by atoms with Gasteiger partial charge in [-0.3, -0.25) is 9.69 Å². The molecule has 1 aromatic heterocycles. The fourth-order valence-electron chi connectivity index (χ4n) is 3.47. The van der Waals surface area contributed by atoms with Crippen LogP contribution in [0.25, 0.3) is 11.4 Å². The van der Waals surface area contributed by atoms with Gasteiger partial charge >= 0.3 is 0 Å². The standard InChI is InChI=1S/C21H18Cl2F2N4O2/c22-13-1-3-15(16(23)9-13)20-27-19(31-28-20)11-29-7-5-12(6-8-29)21(30)26-18-4-2-14(24)10-17(18)25/h1-4,9-10,12H,5-8,11H2,(H,26,30). The van der Waals surface area contributed by atoms with Crippen LogP contribution in [-0.4, -0.2) is 34.0 Å². The van der Waals surface area contributed by atoms with Gasteiger partial charge in [0.1, 0.15) is 11.6 Å². The van der Waals surface area contributed by atoms with E-state index in [0.29, 0.717) is 59.8 Å². The van der Waals surface area contributed by atoms with E-state index in [-0.39, 0.29) is 17.5 Å². The van der Waals surface area contributed by atoms with Gasteiger partial charge in [-0.15, -0.1) is 0 Å². The number of hydrogen-bond acceptors (Lipinski definition) is 5. The van der Waals surface area contributed by atoms with Gasteiger partial charge < -0.3 is 9.84 Å². The van der Waals surface area contributed by atoms with Gasteiger partial charge in [0.2, 0.25) is 17.6 Å². The van der Waals surface area contributed by atoms with E-state index in [0.717, 1.165) is 12.1 Å². The summed E-state index contributed by atoms with van der Waals surface area (Å²) in [5.41, 5.74) is 0.609. The highest BCUT2D eigenvalue weighted by Gasteiger charge is 2.26. The molecule has 3 aromatic rings. The number of hydrogen-bond donors (Lipinski definition) is 1. The second-order valence-electron chi connectivity index (χ2n) is 7.30. The first-order chi connectivity index (χ1) is 14.9. The molecule has 1 aliphatic heterocycles. The van der Waals surface area contributed by atoms with Gasteiger partial charge in [-0.2, -0.15) is 4.98 Å². The van der Waals surface area contributed by atoms with Crippen molar-refractivity contribution in [3.8, 4) is 11.4 Å². The van der Waals surface area contributed by atoms with Crippen LogP contribution in [0.3, 0.4) is 0 Å². The summed E-state index contributed by atoms with van der Waals surface area (Å²) in [5, 5.41) is 7.48. The number of nitrogens with zero attached hydrogens (tertiary/aromatic N) is 3. The van der Waals surface area contributed by atoms with E-state index in [4.69, 9.17) is 27.7 Å². The highest BCUT2D eigenvalue weighted by molar-refractivity contribution is 6.36. The Kier molecular flexibility index (Phi) is 6.50. The van der Waals surface area contributed by atoms with E-state index in [1.54, 1.807) is 18.2 Å². The van der Waals surface area contributed by atoms with Crippen LogP contribution in [0.1, 0.15) is 18.7 Å². The van der Waals surface area contributed by atoms with Gasteiger partial charge in [0.05, 0.1) is 17.3 Å². The lowest BCUT2D eigenvalue weighted by Gasteiger charge is -2.30. The van der Waals surface area contributed by atoms with Crippen LogP contribution >= 0.6 is 23.2 Å². The molecule has 0 spiro atoms. The smallest absolute Gasteiger partial charge is 0.241 e.